The van der Waals surface area contributed by atoms with Gasteiger partial charge < -0.3 is 14.9 Å². The molecule has 5 heteroatoms. The van der Waals surface area contributed by atoms with Crippen LogP contribution in [-0.4, -0.2) is 21.6 Å². The van der Waals surface area contributed by atoms with E-state index >= 15 is 0 Å². The van der Waals surface area contributed by atoms with Crippen LogP contribution in [-0.2, 0) is 16.8 Å². The maximum absolute atomic E-state index is 2.39. The molecule has 167 valence electrons. The van der Waals surface area contributed by atoms with E-state index in [-0.39, 0.29) is 31.6 Å². The molecular weight excluding hydrogens is 447 g/mol. The first-order chi connectivity index (χ1) is 10.4. The number of hydrogen-bond acceptors (Lipinski definition) is 0. The predicted molar refractivity (Wildman–Crippen MR) is 139 cm³/mol. The molecule has 0 aromatic rings. The fourth-order valence-electron chi connectivity index (χ4n) is 2.67. The standard InChI is InChI=1S/2C10H22P2.2CH3.Co/c2*1-9(2,3)7-11-8(12-7)10(4,5)6;;;/h2*7-8,11-12H,1-6H3;2*1H3;/q;;2*-1;+2. The zero-order valence-electron chi connectivity index (χ0n) is 20.6. The third-order valence-corrected chi connectivity index (χ3v) is 18.4. The van der Waals surface area contributed by atoms with Crippen molar-refractivity contribution in [2.24, 2.45) is 21.7 Å². The first-order valence-electron chi connectivity index (χ1n) is 9.46. The first-order valence-corrected chi connectivity index (χ1v) is 14.1. The molecule has 2 heterocycles. The molecule has 2 saturated heterocycles. The molecule has 0 saturated carbocycles. The van der Waals surface area contributed by atoms with E-state index in [0.717, 1.165) is 21.6 Å². The molecule has 0 N–H and O–H groups in total. The Bertz CT molecular complexity index is 322. The van der Waals surface area contributed by atoms with Crippen molar-refractivity contribution >= 4 is 34.3 Å². The Morgan fingerprint density at radius 2 is 0.481 bits per heavy atom. The third-order valence-electron chi connectivity index (χ3n) is 4.80. The summed E-state index contributed by atoms with van der Waals surface area (Å²) in [6.45, 7) is 28.6. The zero-order valence-corrected chi connectivity index (χ0v) is 25.7. The summed E-state index contributed by atoms with van der Waals surface area (Å²) in [5, 5.41) is 4.12. The van der Waals surface area contributed by atoms with E-state index in [9.17, 15) is 0 Å². The molecule has 0 atom stereocenters. The Morgan fingerprint density at radius 3 is 0.556 bits per heavy atom. The van der Waals surface area contributed by atoms with Gasteiger partial charge in [-0.15, -0.1) is 34.3 Å². The van der Waals surface area contributed by atoms with Crippen LogP contribution in [0.1, 0.15) is 83.1 Å². The fraction of sp³-hybridized carbons (Fsp3) is 0.909. The van der Waals surface area contributed by atoms with E-state index in [1.807, 2.05) is 0 Å². The minimum atomic E-state index is 0. The maximum atomic E-state index is 2.39. The summed E-state index contributed by atoms with van der Waals surface area (Å²) in [4.78, 5) is 0. The van der Waals surface area contributed by atoms with E-state index in [1.54, 1.807) is 0 Å². The average molecular weight is 497 g/mol. The van der Waals surface area contributed by atoms with Crippen LogP contribution in [0.5, 0.6) is 0 Å². The second kappa shape index (κ2) is 11.7. The van der Waals surface area contributed by atoms with Crippen LogP contribution in [0.4, 0.5) is 0 Å². The average Bonchev–Trinajstić information content (AvgIpc) is 1.99. The SMILES string of the molecule is CC(C)(C)C1PC(C(C)(C)C)P1.CC(C)(C)C1PC(C(C)(C)C)P1.[CH3-].[CH3-].[Co+2]. The van der Waals surface area contributed by atoms with Gasteiger partial charge in [-0.1, -0.05) is 83.1 Å². The van der Waals surface area contributed by atoms with Crippen molar-refractivity contribution in [1.82, 2.24) is 0 Å². The van der Waals surface area contributed by atoms with E-state index in [2.05, 4.69) is 83.1 Å². The Morgan fingerprint density at radius 1 is 0.370 bits per heavy atom. The van der Waals surface area contributed by atoms with E-state index in [1.165, 1.54) is 34.3 Å². The quantitative estimate of drug-likeness (QED) is 0.231. The molecule has 2 fully saturated rings. The maximum Gasteiger partial charge on any atom is 2.00 e. The van der Waals surface area contributed by atoms with Gasteiger partial charge in [0.25, 0.3) is 0 Å². The summed E-state index contributed by atoms with van der Waals surface area (Å²) in [5.41, 5.74) is 2.27. The van der Waals surface area contributed by atoms with Crippen LogP contribution < -0.4 is 0 Å². The van der Waals surface area contributed by atoms with Gasteiger partial charge in [-0.05, 0) is 43.3 Å². The van der Waals surface area contributed by atoms with Crippen LogP contribution in [0.2, 0.25) is 0 Å². The molecule has 0 amide bonds. The molecule has 0 aromatic heterocycles. The van der Waals surface area contributed by atoms with Crippen molar-refractivity contribution in [1.29, 1.82) is 0 Å². The summed E-state index contributed by atoms with van der Waals surface area (Å²) < 4.78 is 0. The van der Waals surface area contributed by atoms with Crippen LogP contribution >= 0.6 is 34.3 Å². The Hall–Kier alpha value is 2.23. The normalized spacial score (nSPS) is 31.6. The van der Waals surface area contributed by atoms with Crippen molar-refractivity contribution in [2.75, 3.05) is 0 Å². The molecule has 0 aromatic carbocycles. The molecule has 0 aliphatic carbocycles. The summed E-state index contributed by atoms with van der Waals surface area (Å²) in [6, 6.07) is 0. The molecule has 2 aliphatic rings. The zero-order chi connectivity index (χ0) is 19.1. The van der Waals surface area contributed by atoms with Crippen molar-refractivity contribution in [3.05, 3.63) is 14.9 Å². The number of rotatable bonds is 0. The Kier molecular flexibility index (Phi) is 14.7. The molecular formula is C22H50CoP4. The van der Waals surface area contributed by atoms with Crippen LogP contribution in [0.15, 0.2) is 0 Å². The van der Waals surface area contributed by atoms with Crippen molar-refractivity contribution < 1.29 is 16.8 Å². The van der Waals surface area contributed by atoms with E-state index < -0.39 is 0 Å². The molecule has 0 bridgehead atoms. The smallest absolute Gasteiger partial charge is 0.358 e. The summed E-state index contributed by atoms with van der Waals surface area (Å²) in [7, 11) is 4.87. The van der Waals surface area contributed by atoms with Crippen LogP contribution in [0.25, 0.3) is 0 Å². The number of hydrogen-bond donors (Lipinski definition) is 0. The largest absolute Gasteiger partial charge is 2.00 e. The monoisotopic (exact) mass is 497 g/mol. The molecule has 1 radical (unpaired) electrons. The molecule has 2 aliphatic heterocycles. The topological polar surface area (TPSA) is 0 Å². The van der Waals surface area contributed by atoms with Gasteiger partial charge in [0.2, 0.25) is 0 Å². The van der Waals surface area contributed by atoms with Gasteiger partial charge in [0.1, 0.15) is 0 Å². The Labute approximate surface area is 191 Å². The molecule has 0 unspecified atom stereocenters. The summed E-state index contributed by atoms with van der Waals surface area (Å²) >= 11 is 0. The summed E-state index contributed by atoms with van der Waals surface area (Å²) in [6.07, 6.45) is 0. The molecule has 2 rings (SSSR count). The molecule has 0 nitrogen and oxygen atoms in total. The van der Waals surface area contributed by atoms with Gasteiger partial charge in [-0.25, -0.2) is 0 Å². The second-order valence-corrected chi connectivity index (χ2v) is 20.1. The van der Waals surface area contributed by atoms with Gasteiger partial charge in [-0.2, -0.15) is 0 Å². The molecule has 0 spiro atoms. The van der Waals surface area contributed by atoms with Gasteiger partial charge in [0.15, 0.2) is 0 Å². The van der Waals surface area contributed by atoms with Crippen molar-refractivity contribution in [2.45, 2.75) is 105 Å². The third kappa shape index (κ3) is 10.9. The minimum absolute atomic E-state index is 0. The van der Waals surface area contributed by atoms with Gasteiger partial charge in [-0.3, -0.25) is 0 Å². The van der Waals surface area contributed by atoms with E-state index in [0.29, 0.717) is 21.7 Å². The second-order valence-electron chi connectivity index (χ2n) is 11.9. The minimum Gasteiger partial charge on any atom is -0.358 e. The fourth-order valence-corrected chi connectivity index (χ4v) is 11.0. The predicted octanol–water partition coefficient (Wildman–Crippen LogP) is 9.10. The van der Waals surface area contributed by atoms with Crippen molar-refractivity contribution in [3.63, 3.8) is 0 Å². The van der Waals surface area contributed by atoms with Gasteiger partial charge >= 0.3 is 16.8 Å². The molecule has 27 heavy (non-hydrogen) atoms. The van der Waals surface area contributed by atoms with Gasteiger partial charge in [0.05, 0.1) is 0 Å². The summed E-state index contributed by atoms with van der Waals surface area (Å²) in [5.74, 6) is 0. The van der Waals surface area contributed by atoms with Crippen molar-refractivity contribution in [3.8, 4) is 0 Å². The van der Waals surface area contributed by atoms with Crippen LogP contribution in [0.3, 0.4) is 0 Å². The van der Waals surface area contributed by atoms with Gasteiger partial charge in [0, 0.05) is 0 Å². The van der Waals surface area contributed by atoms with Crippen LogP contribution in [0, 0.1) is 36.5 Å². The van der Waals surface area contributed by atoms with E-state index in [4.69, 9.17) is 0 Å². The Balaban J connectivity index is -0.000000384. The first kappa shape index (κ1) is 33.9.